The van der Waals surface area contributed by atoms with Crippen molar-refractivity contribution in [3.8, 4) is 22.9 Å². The molecule has 1 amide bonds. The normalized spacial score (nSPS) is 16.0. The molecule has 1 saturated heterocycles. The Hall–Kier alpha value is -5.22. The molecule has 0 radical (unpaired) electrons. The van der Waals surface area contributed by atoms with Crippen LogP contribution in [-0.2, 0) is 11.2 Å². The first-order valence-corrected chi connectivity index (χ1v) is 14.5. The molecular formula is C33H32N8O2. The Morgan fingerprint density at radius 3 is 2.58 bits per heavy atom. The molecule has 43 heavy (non-hydrogen) atoms. The zero-order valence-corrected chi connectivity index (χ0v) is 23.6. The van der Waals surface area contributed by atoms with E-state index >= 15 is 0 Å². The van der Waals surface area contributed by atoms with E-state index in [1.54, 1.807) is 6.20 Å². The molecule has 0 saturated carbocycles. The van der Waals surface area contributed by atoms with Crippen LogP contribution in [-0.4, -0.2) is 54.7 Å². The number of aromatic nitrogens is 5. The van der Waals surface area contributed by atoms with Crippen LogP contribution >= 0.6 is 0 Å². The van der Waals surface area contributed by atoms with Crippen molar-refractivity contribution in [2.45, 2.75) is 31.3 Å². The van der Waals surface area contributed by atoms with Gasteiger partial charge < -0.3 is 26.1 Å². The summed E-state index contributed by atoms with van der Waals surface area (Å²) in [5.74, 6) is 2.28. The Morgan fingerprint density at radius 1 is 0.977 bits per heavy atom. The Bertz CT molecular complexity index is 1900. The summed E-state index contributed by atoms with van der Waals surface area (Å²) in [6.07, 6.45) is 5.82. The first-order valence-electron chi connectivity index (χ1n) is 14.5. The smallest absolute Gasteiger partial charge is 0.239 e. The molecular weight excluding hydrogens is 540 g/mol. The number of para-hydroxylation sites is 2. The predicted octanol–water partition coefficient (Wildman–Crippen LogP) is 5.08. The number of likely N-dealkylation sites (tertiary alicyclic amines) is 1. The number of aromatic amines is 1. The second-order valence-electron chi connectivity index (χ2n) is 10.9. The number of piperidine rings is 1. The van der Waals surface area contributed by atoms with Gasteiger partial charge >= 0.3 is 0 Å². The molecule has 0 spiro atoms. The van der Waals surface area contributed by atoms with E-state index in [1.807, 2.05) is 94.6 Å². The van der Waals surface area contributed by atoms with Crippen molar-refractivity contribution in [2.75, 3.05) is 18.8 Å². The Balaban J connectivity index is 1.09. The molecule has 10 nitrogen and oxygen atoms in total. The van der Waals surface area contributed by atoms with Gasteiger partial charge in [0, 0.05) is 35.8 Å². The van der Waals surface area contributed by atoms with Gasteiger partial charge in [-0.25, -0.2) is 14.6 Å². The van der Waals surface area contributed by atoms with Crippen molar-refractivity contribution >= 4 is 33.7 Å². The summed E-state index contributed by atoms with van der Waals surface area (Å²) in [5, 5.41) is 6.43. The number of nitrogens with zero attached hydrogens (tertiary/aromatic N) is 5. The lowest BCUT2D eigenvalue weighted by atomic mass is 10.0. The Labute approximate surface area is 248 Å². The van der Waals surface area contributed by atoms with E-state index in [2.05, 4.69) is 15.1 Å². The number of hydrogen-bond acceptors (Lipinski definition) is 7. The molecule has 0 unspecified atom stereocenters. The number of nitrogen functional groups attached to an aromatic ring is 1. The summed E-state index contributed by atoms with van der Waals surface area (Å²) in [5.41, 5.74) is 16.4. The molecule has 1 aliphatic heterocycles. The van der Waals surface area contributed by atoms with Crippen LogP contribution in [0.25, 0.3) is 33.3 Å². The van der Waals surface area contributed by atoms with Crippen molar-refractivity contribution in [3.05, 3.63) is 96.8 Å². The largest absolute Gasteiger partial charge is 0.457 e. The zero-order chi connectivity index (χ0) is 29.3. The highest BCUT2D eigenvalue weighted by atomic mass is 16.5. The minimum Gasteiger partial charge on any atom is -0.457 e. The van der Waals surface area contributed by atoms with E-state index in [-0.39, 0.29) is 11.9 Å². The summed E-state index contributed by atoms with van der Waals surface area (Å²) in [6.45, 7) is 1.16. The number of nitrogens with one attached hydrogen (secondary N) is 1. The van der Waals surface area contributed by atoms with Gasteiger partial charge in [-0.2, -0.15) is 5.10 Å². The molecule has 10 heteroatoms. The fraction of sp³-hybridized carbons (Fsp3) is 0.212. The van der Waals surface area contributed by atoms with Gasteiger partial charge in [0.15, 0.2) is 11.5 Å². The number of benzene rings is 3. The van der Waals surface area contributed by atoms with Gasteiger partial charge in [-0.1, -0.05) is 36.4 Å². The van der Waals surface area contributed by atoms with Gasteiger partial charge in [-0.3, -0.25) is 4.79 Å². The van der Waals surface area contributed by atoms with Crippen LogP contribution in [0.4, 0.5) is 5.82 Å². The highest BCUT2D eigenvalue weighted by molar-refractivity contribution is 5.88. The van der Waals surface area contributed by atoms with Crippen LogP contribution in [0.5, 0.6) is 11.5 Å². The topological polar surface area (TPSA) is 141 Å². The monoisotopic (exact) mass is 572 g/mol. The van der Waals surface area contributed by atoms with Crippen molar-refractivity contribution in [2.24, 2.45) is 5.73 Å². The fourth-order valence-corrected chi connectivity index (χ4v) is 5.85. The quantitative estimate of drug-likeness (QED) is 0.242. The SMILES string of the molecule is Nc1nc(-c2ccc(Oc3ccccc3)cc2)nc2c1cnn2[C@@H]1CCCN(C(=O)[C@@H](N)Cc2c[nH]c3ccccc23)C1. The van der Waals surface area contributed by atoms with E-state index in [4.69, 9.17) is 21.2 Å². The Morgan fingerprint density at radius 2 is 1.74 bits per heavy atom. The number of carbonyl (C=O) groups excluding carboxylic acids is 1. The molecule has 6 aromatic rings. The Kier molecular flexibility index (Phi) is 6.96. The number of anilines is 1. The molecule has 1 fully saturated rings. The van der Waals surface area contributed by atoms with Crippen molar-refractivity contribution < 1.29 is 9.53 Å². The summed E-state index contributed by atoms with van der Waals surface area (Å²) in [6, 6.07) is 24.6. The van der Waals surface area contributed by atoms with Gasteiger partial charge in [0.1, 0.15) is 17.3 Å². The maximum absolute atomic E-state index is 13.5. The molecule has 0 bridgehead atoms. The minimum atomic E-state index is -0.634. The van der Waals surface area contributed by atoms with Crippen LogP contribution in [0.2, 0.25) is 0 Å². The lowest BCUT2D eigenvalue weighted by molar-refractivity contribution is -0.134. The average molecular weight is 573 g/mol. The predicted molar refractivity (Wildman–Crippen MR) is 167 cm³/mol. The maximum atomic E-state index is 13.5. The van der Waals surface area contributed by atoms with E-state index in [0.29, 0.717) is 47.9 Å². The number of carbonyl (C=O) groups is 1. The van der Waals surface area contributed by atoms with Crippen molar-refractivity contribution in [1.29, 1.82) is 0 Å². The van der Waals surface area contributed by atoms with E-state index in [1.165, 1.54) is 0 Å². The highest BCUT2D eigenvalue weighted by Crippen LogP contribution is 2.30. The number of nitrogens with two attached hydrogens (primary N) is 2. The summed E-state index contributed by atoms with van der Waals surface area (Å²) >= 11 is 0. The van der Waals surface area contributed by atoms with Crippen LogP contribution in [0.1, 0.15) is 24.4 Å². The zero-order valence-electron chi connectivity index (χ0n) is 23.6. The summed E-state index contributed by atoms with van der Waals surface area (Å²) < 4.78 is 7.80. The third kappa shape index (κ3) is 5.28. The third-order valence-electron chi connectivity index (χ3n) is 8.06. The molecule has 0 aliphatic carbocycles. The summed E-state index contributed by atoms with van der Waals surface area (Å²) in [4.78, 5) is 28.0. The number of H-pyrrole nitrogens is 1. The molecule has 5 N–H and O–H groups in total. The van der Waals surface area contributed by atoms with Gasteiger partial charge in [0.05, 0.1) is 23.7 Å². The van der Waals surface area contributed by atoms with Crippen LogP contribution in [0.15, 0.2) is 91.3 Å². The number of hydrogen-bond donors (Lipinski definition) is 3. The van der Waals surface area contributed by atoms with Crippen molar-refractivity contribution in [1.82, 2.24) is 29.6 Å². The van der Waals surface area contributed by atoms with Gasteiger partial charge in [0.25, 0.3) is 0 Å². The second kappa shape index (κ2) is 11.2. The number of fused-ring (bicyclic) bond motifs is 2. The number of amides is 1. The van der Waals surface area contributed by atoms with Crippen LogP contribution in [0, 0.1) is 0 Å². The number of ether oxygens (including phenoxy) is 1. The molecule has 2 atom stereocenters. The summed E-state index contributed by atoms with van der Waals surface area (Å²) in [7, 11) is 0. The average Bonchev–Trinajstić information content (AvgIpc) is 3.66. The van der Waals surface area contributed by atoms with Crippen LogP contribution < -0.4 is 16.2 Å². The first kappa shape index (κ1) is 26.7. The van der Waals surface area contributed by atoms with Gasteiger partial charge in [-0.15, -0.1) is 0 Å². The lowest BCUT2D eigenvalue weighted by Gasteiger charge is -2.34. The molecule has 3 aromatic heterocycles. The molecule has 3 aromatic carbocycles. The standard InChI is InChI=1S/C33H32N8O2/c34-28(17-22-18-36-29-11-5-4-10-26(22)29)33(42)40-16-6-7-23(20-40)41-32-27(19-37-41)30(35)38-31(39-32)21-12-14-25(15-13-21)43-24-8-2-1-3-9-24/h1-5,8-15,18-19,23,28,36H,6-7,16-17,20,34H2,(H2,35,38,39)/t23-,28+/m1/s1. The van der Waals surface area contributed by atoms with E-state index in [0.717, 1.165) is 40.6 Å². The fourth-order valence-electron chi connectivity index (χ4n) is 5.85. The lowest BCUT2D eigenvalue weighted by Crippen LogP contribution is -2.49. The molecule has 1 aliphatic rings. The molecule has 4 heterocycles. The van der Waals surface area contributed by atoms with E-state index in [9.17, 15) is 4.79 Å². The first-order chi connectivity index (χ1) is 21.0. The maximum Gasteiger partial charge on any atom is 0.239 e. The molecule has 216 valence electrons. The molecule has 7 rings (SSSR count). The number of rotatable bonds is 7. The van der Waals surface area contributed by atoms with Crippen LogP contribution in [0.3, 0.4) is 0 Å². The third-order valence-corrected chi connectivity index (χ3v) is 8.06. The second-order valence-corrected chi connectivity index (χ2v) is 10.9. The van der Waals surface area contributed by atoms with Gasteiger partial charge in [-0.05, 0) is 67.3 Å². The minimum absolute atomic E-state index is 0.0562. The highest BCUT2D eigenvalue weighted by Gasteiger charge is 2.30. The van der Waals surface area contributed by atoms with Crippen molar-refractivity contribution in [3.63, 3.8) is 0 Å². The van der Waals surface area contributed by atoms with Gasteiger partial charge in [0.2, 0.25) is 5.91 Å². The van der Waals surface area contributed by atoms with E-state index < -0.39 is 6.04 Å².